The Morgan fingerprint density at radius 3 is 2.33 bits per heavy atom. The van der Waals surface area contributed by atoms with E-state index in [1.165, 1.54) is 4.88 Å². The number of aryl methyl sites for hydroxylation is 1. The molecule has 0 saturated carbocycles. The number of benzene rings is 1. The minimum absolute atomic E-state index is 0.0357. The molecule has 0 unspecified atom stereocenters. The highest BCUT2D eigenvalue weighted by molar-refractivity contribution is 7.11. The molecule has 0 aliphatic carbocycles. The Morgan fingerprint density at radius 2 is 1.69 bits per heavy atom. The first-order valence-electron chi connectivity index (χ1n) is 12.8. The van der Waals surface area contributed by atoms with Crippen molar-refractivity contribution < 1.29 is 23.8 Å². The van der Waals surface area contributed by atoms with Crippen LogP contribution in [0, 0.1) is 6.92 Å². The lowest BCUT2D eigenvalue weighted by Crippen LogP contribution is -2.43. The third-order valence-corrected chi connectivity index (χ3v) is 6.94. The molecule has 36 heavy (non-hydrogen) atoms. The van der Waals surface area contributed by atoms with Crippen LogP contribution in [0.2, 0.25) is 0 Å². The molecular weight excluding hydrogens is 476 g/mol. The van der Waals surface area contributed by atoms with E-state index in [4.69, 9.17) is 14.2 Å². The van der Waals surface area contributed by atoms with E-state index >= 15 is 0 Å². The van der Waals surface area contributed by atoms with Crippen LogP contribution in [-0.4, -0.2) is 68.7 Å². The molecule has 0 fully saturated rings. The van der Waals surface area contributed by atoms with Crippen molar-refractivity contribution in [2.24, 2.45) is 0 Å². The molecule has 8 heteroatoms. The van der Waals surface area contributed by atoms with Gasteiger partial charge in [-0.2, -0.15) is 0 Å². The number of methoxy groups -OCH3 is 2. The smallest absolute Gasteiger partial charge is 0.242 e. The SMILES string of the molecule is CCCCC(=O)N(CCCOCC)CC(=O)N(CCc1ccc(OC)c(OC)c1)Cc1ccc(C)s1. The fraction of sp³-hybridized carbons (Fsp3) is 0.571. The molecule has 200 valence electrons. The number of nitrogens with zero attached hydrogens (tertiary/aromatic N) is 2. The predicted octanol–water partition coefficient (Wildman–Crippen LogP) is 5.09. The van der Waals surface area contributed by atoms with Gasteiger partial charge in [0.05, 0.1) is 27.3 Å². The van der Waals surface area contributed by atoms with Crippen LogP contribution in [0.3, 0.4) is 0 Å². The number of carbonyl (C=O) groups is 2. The summed E-state index contributed by atoms with van der Waals surface area (Å²) in [4.78, 5) is 32.3. The topological polar surface area (TPSA) is 68.3 Å². The van der Waals surface area contributed by atoms with E-state index in [-0.39, 0.29) is 18.4 Å². The molecule has 0 atom stereocenters. The molecule has 0 radical (unpaired) electrons. The molecule has 2 aromatic rings. The Labute approximate surface area is 220 Å². The largest absolute Gasteiger partial charge is 0.493 e. The zero-order chi connectivity index (χ0) is 26.3. The maximum atomic E-state index is 13.5. The molecule has 2 rings (SSSR count). The number of ether oxygens (including phenoxy) is 3. The molecule has 0 bridgehead atoms. The van der Waals surface area contributed by atoms with Gasteiger partial charge in [-0.05, 0) is 62.9 Å². The monoisotopic (exact) mass is 518 g/mol. The molecule has 1 aromatic heterocycles. The van der Waals surface area contributed by atoms with Crippen LogP contribution in [0.15, 0.2) is 30.3 Å². The summed E-state index contributed by atoms with van der Waals surface area (Å²) in [5, 5.41) is 0. The molecule has 1 aromatic carbocycles. The Hall–Kier alpha value is -2.58. The Balaban J connectivity index is 2.15. The van der Waals surface area contributed by atoms with Crippen LogP contribution in [0.4, 0.5) is 0 Å². The van der Waals surface area contributed by atoms with Gasteiger partial charge in [0.1, 0.15) is 0 Å². The van der Waals surface area contributed by atoms with Gasteiger partial charge >= 0.3 is 0 Å². The Kier molecular flexibility index (Phi) is 13.4. The predicted molar refractivity (Wildman–Crippen MR) is 145 cm³/mol. The second kappa shape index (κ2) is 16.2. The normalized spacial score (nSPS) is 10.8. The van der Waals surface area contributed by atoms with E-state index in [1.807, 2.05) is 30.0 Å². The number of carbonyl (C=O) groups excluding carboxylic acids is 2. The lowest BCUT2D eigenvalue weighted by atomic mass is 10.1. The Bertz CT molecular complexity index is 946. The van der Waals surface area contributed by atoms with Crippen molar-refractivity contribution >= 4 is 23.2 Å². The van der Waals surface area contributed by atoms with E-state index in [9.17, 15) is 9.59 Å². The zero-order valence-electron chi connectivity index (χ0n) is 22.5. The first-order valence-corrected chi connectivity index (χ1v) is 13.6. The van der Waals surface area contributed by atoms with Crippen LogP contribution in [0.25, 0.3) is 0 Å². The van der Waals surface area contributed by atoms with E-state index in [0.717, 1.165) is 29.7 Å². The lowest BCUT2D eigenvalue weighted by molar-refractivity contribution is -0.141. The highest BCUT2D eigenvalue weighted by atomic mass is 32.1. The summed E-state index contributed by atoms with van der Waals surface area (Å²) in [5.74, 6) is 1.34. The van der Waals surface area contributed by atoms with E-state index < -0.39 is 0 Å². The minimum atomic E-state index is -0.0391. The standard InChI is InChI=1S/C28H42N2O5S/c1-6-8-10-27(31)29(16-9-18-35-7-2)21-28(32)30(20-24-13-11-22(3)36-24)17-15-23-12-14-25(33-4)26(19-23)34-5/h11-14,19H,6-10,15-18,20-21H2,1-5H3. The lowest BCUT2D eigenvalue weighted by Gasteiger charge is -2.28. The van der Waals surface area contributed by atoms with E-state index in [0.29, 0.717) is 57.2 Å². The summed E-state index contributed by atoms with van der Waals surface area (Å²) >= 11 is 1.69. The van der Waals surface area contributed by atoms with Crippen molar-refractivity contribution in [1.29, 1.82) is 0 Å². The maximum Gasteiger partial charge on any atom is 0.242 e. The average molecular weight is 519 g/mol. The van der Waals surface area contributed by atoms with Crippen molar-refractivity contribution in [1.82, 2.24) is 9.80 Å². The van der Waals surface area contributed by atoms with Crippen LogP contribution in [0.5, 0.6) is 11.5 Å². The van der Waals surface area contributed by atoms with Gasteiger partial charge in [-0.3, -0.25) is 9.59 Å². The van der Waals surface area contributed by atoms with Crippen molar-refractivity contribution in [3.05, 3.63) is 45.6 Å². The van der Waals surface area contributed by atoms with Gasteiger partial charge in [-0.15, -0.1) is 11.3 Å². The molecule has 0 spiro atoms. The summed E-state index contributed by atoms with van der Waals surface area (Å²) in [5.41, 5.74) is 1.06. The van der Waals surface area contributed by atoms with Crippen molar-refractivity contribution in [2.75, 3.05) is 47.1 Å². The van der Waals surface area contributed by atoms with Crippen molar-refractivity contribution in [3.8, 4) is 11.5 Å². The number of rotatable bonds is 17. The van der Waals surface area contributed by atoms with Crippen LogP contribution >= 0.6 is 11.3 Å². The highest BCUT2D eigenvalue weighted by Crippen LogP contribution is 2.28. The van der Waals surface area contributed by atoms with Gasteiger partial charge in [-0.25, -0.2) is 0 Å². The van der Waals surface area contributed by atoms with Gasteiger partial charge in [0.15, 0.2) is 11.5 Å². The second-order valence-electron chi connectivity index (χ2n) is 8.74. The number of unbranched alkanes of at least 4 members (excludes halogenated alkanes) is 1. The fourth-order valence-corrected chi connectivity index (χ4v) is 4.80. The molecule has 0 aliphatic rings. The third kappa shape index (κ3) is 9.82. The highest BCUT2D eigenvalue weighted by Gasteiger charge is 2.22. The van der Waals surface area contributed by atoms with Gasteiger partial charge in [-0.1, -0.05) is 19.4 Å². The van der Waals surface area contributed by atoms with Crippen molar-refractivity contribution in [3.63, 3.8) is 0 Å². The molecule has 7 nitrogen and oxygen atoms in total. The molecule has 0 aliphatic heterocycles. The third-order valence-electron chi connectivity index (χ3n) is 5.96. The van der Waals surface area contributed by atoms with E-state index in [1.54, 1.807) is 30.5 Å². The number of amides is 2. The van der Waals surface area contributed by atoms with Crippen LogP contribution in [0.1, 0.15) is 54.8 Å². The molecule has 0 saturated heterocycles. The average Bonchev–Trinajstić information content (AvgIpc) is 3.30. The summed E-state index contributed by atoms with van der Waals surface area (Å²) in [6, 6.07) is 9.97. The van der Waals surface area contributed by atoms with Crippen LogP contribution in [-0.2, 0) is 27.3 Å². The maximum absolute atomic E-state index is 13.5. The summed E-state index contributed by atoms with van der Waals surface area (Å²) in [6.45, 7) is 9.00. The summed E-state index contributed by atoms with van der Waals surface area (Å²) in [7, 11) is 3.23. The summed E-state index contributed by atoms with van der Waals surface area (Å²) < 4.78 is 16.2. The Morgan fingerprint density at radius 1 is 0.917 bits per heavy atom. The van der Waals surface area contributed by atoms with Crippen molar-refractivity contribution in [2.45, 2.75) is 59.4 Å². The van der Waals surface area contributed by atoms with Gasteiger partial charge in [0.2, 0.25) is 11.8 Å². The van der Waals surface area contributed by atoms with E-state index in [2.05, 4.69) is 26.0 Å². The number of hydrogen-bond donors (Lipinski definition) is 0. The minimum Gasteiger partial charge on any atom is -0.493 e. The summed E-state index contributed by atoms with van der Waals surface area (Å²) in [6.07, 6.45) is 3.63. The zero-order valence-corrected chi connectivity index (χ0v) is 23.3. The second-order valence-corrected chi connectivity index (χ2v) is 10.1. The number of thiophene rings is 1. The quantitative estimate of drug-likeness (QED) is 0.273. The van der Waals surface area contributed by atoms with Crippen LogP contribution < -0.4 is 9.47 Å². The molecular formula is C28H42N2O5S. The fourth-order valence-electron chi connectivity index (χ4n) is 3.89. The van der Waals surface area contributed by atoms with Gasteiger partial charge in [0, 0.05) is 42.5 Å². The number of hydrogen-bond acceptors (Lipinski definition) is 6. The first-order chi connectivity index (χ1) is 17.4. The van der Waals surface area contributed by atoms with Gasteiger partial charge < -0.3 is 24.0 Å². The van der Waals surface area contributed by atoms with Gasteiger partial charge in [0.25, 0.3) is 0 Å². The first kappa shape index (κ1) is 29.6. The molecule has 0 N–H and O–H groups in total. The molecule has 2 amide bonds. The molecule has 1 heterocycles.